The van der Waals surface area contributed by atoms with Crippen molar-refractivity contribution in [2.24, 2.45) is 5.92 Å². The highest BCUT2D eigenvalue weighted by atomic mass is 19.3. The summed E-state index contributed by atoms with van der Waals surface area (Å²) in [6, 6.07) is 3.10. The first-order valence-corrected chi connectivity index (χ1v) is 6.37. The van der Waals surface area contributed by atoms with Crippen LogP contribution in [0.25, 0.3) is 0 Å². The molecular formula is C13H20F2N2O2. The highest BCUT2D eigenvalue weighted by Gasteiger charge is 2.13. The fourth-order valence-electron chi connectivity index (χ4n) is 1.76. The summed E-state index contributed by atoms with van der Waals surface area (Å²) in [5, 5.41) is 11.5. The first kappa shape index (κ1) is 15.6. The van der Waals surface area contributed by atoms with Crippen molar-refractivity contribution in [3.63, 3.8) is 0 Å². The zero-order chi connectivity index (χ0) is 14.3. The quantitative estimate of drug-likeness (QED) is 0.711. The van der Waals surface area contributed by atoms with Gasteiger partial charge in [0.05, 0.1) is 6.54 Å². The van der Waals surface area contributed by atoms with Crippen LogP contribution in [0.2, 0.25) is 0 Å². The van der Waals surface area contributed by atoms with E-state index >= 15 is 0 Å². The van der Waals surface area contributed by atoms with Gasteiger partial charge in [0.2, 0.25) is 0 Å². The molecule has 1 aromatic heterocycles. The molecule has 0 aliphatic carbocycles. The van der Waals surface area contributed by atoms with Gasteiger partial charge in [0.1, 0.15) is 5.69 Å². The minimum Gasteiger partial charge on any atom is -0.396 e. The third-order valence-corrected chi connectivity index (χ3v) is 2.87. The van der Waals surface area contributed by atoms with Gasteiger partial charge in [0.15, 0.2) is 0 Å². The maximum atomic E-state index is 12.3. The van der Waals surface area contributed by atoms with Crippen molar-refractivity contribution in [2.75, 3.05) is 13.2 Å². The Hall–Kier alpha value is -1.43. The van der Waals surface area contributed by atoms with Crippen LogP contribution in [0.5, 0.6) is 0 Å². The van der Waals surface area contributed by atoms with Crippen LogP contribution >= 0.6 is 0 Å². The predicted octanol–water partition coefficient (Wildman–Crippen LogP) is 1.89. The van der Waals surface area contributed by atoms with E-state index in [4.69, 9.17) is 5.11 Å². The molecule has 1 rings (SSSR count). The molecule has 108 valence electrons. The fourth-order valence-corrected chi connectivity index (χ4v) is 1.76. The summed E-state index contributed by atoms with van der Waals surface area (Å²) in [6.07, 6.45) is 0.552. The number of aromatic nitrogens is 1. The second kappa shape index (κ2) is 7.89. The summed E-state index contributed by atoms with van der Waals surface area (Å²) in [6.45, 7) is 2.06. The number of halogens is 2. The lowest BCUT2D eigenvalue weighted by Crippen LogP contribution is -2.27. The summed E-state index contributed by atoms with van der Waals surface area (Å²) in [4.78, 5) is 11.8. The van der Waals surface area contributed by atoms with Gasteiger partial charge in [-0.25, -0.2) is 8.78 Å². The molecule has 0 saturated heterocycles. The van der Waals surface area contributed by atoms with E-state index in [9.17, 15) is 13.6 Å². The number of carbonyl (C=O) groups excluding carboxylic acids is 1. The largest absolute Gasteiger partial charge is 0.396 e. The monoisotopic (exact) mass is 274 g/mol. The number of nitrogens with one attached hydrogen (secondary N) is 1. The fraction of sp³-hybridized carbons (Fsp3) is 0.615. The first-order valence-electron chi connectivity index (χ1n) is 6.37. The van der Waals surface area contributed by atoms with E-state index in [-0.39, 0.29) is 24.1 Å². The molecule has 0 saturated carbocycles. The Balaban J connectivity index is 2.39. The van der Waals surface area contributed by atoms with E-state index in [0.717, 1.165) is 12.8 Å². The molecule has 1 atom stereocenters. The van der Waals surface area contributed by atoms with Crippen molar-refractivity contribution in [1.82, 2.24) is 9.88 Å². The predicted molar refractivity (Wildman–Crippen MR) is 68.3 cm³/mol. The number of alkyl halides is 2. The molecule has 0 aromatic carbocycles. The van der Waals surface area contributed by atoms with Gasteiger partial charge >= 0.3 is 0 Å². The van der Waals surface area contributed by atoms with Crippen molar-refractivity contribution in [3.8, 4) is 0 Å². The molecule has 1 unspecified atom stereocenters. The molecule has 2 N–H and O–H groups in total. The highest BCUT2D eigenvalue weighted by molar-refractivity contribution is 5.92. The molecule has 1 aromatic rings. The maximum Gasteiger partial charge on any atom is 0.267 e. The summed E-state index contributed by atoms with van der Waals surface area (Å²) in [5.74, 6) is -0.137. The van der Waals surface area contributed by atoms with Gasteiger partial charge in [-0.3, -0.25) is 4.79 Å². The van der Waals surface area contributed by atoms with Crippen LogP contribution < -0.4 is 5.32 Å². The van der Waals surface area contributed by atoms with Crippen molar-refractivity contribution >= 4 is 5.91 Å². The Bertz CT molecular complexity index is 394. The standard InChI is InChI=1S/C13H20F2N2O2/c1-10(9-18)4-2-6-16-13(19)11-5-3-7-17(11)8-12(14)15/h3,5,7,10,12,18H,2,4,6,8-9H2,1H3,(H,16,19). The van der Waals surface area contributed by atoms with E-state index < -0.39 is 13.0 Å². The molecule has 1 heterocycles. The molecule has 0 bridgehead atoms. The molecule has 0 aliphatic rings. The van der Waals surface area contributed by atoms with E-state index in [1.807, 2.05) is 6.92 Å². The molecule has 0 radical (unpaired) electrons. The van der Waals surface area contributed by atoms with Crippen LogP contribution in [0.3, 0.4) is 0 Å². The lowest BCUT2D eigenvalue weighted by atomic mass is 10.1. The van der Waals surface area contributed by atoms with Crippen LogP contribution in [0, 0.1) is 5.92 Å². The summed E-state index contributed by atoms with van der Waals surface area (Å²) in [7, 11) is 0. The van der Waals surface area contributed by atoms with Gasteiger partial charge in [0, 0.05) is 19.3 Å². The van der Waals surface area contributed by atoms with Crippen LogP contribution in [-0.4, -0.2) is 35.2 Å². The Kier molecular flexibility index (Phi) is 6.49. The third-order valence-electron chi connectivity index (χ3n) is 2.87. The normalized spacial score (nSPS) is 12.7. The van der Waals surface area contributed by atoms with Crippen LogP contribution in [-0.2, 0) is 6.54 Å². The number of amides is 1. The van der Waals surface area contributed by atoms with Gasteiger partial charge in [-0.15, -0.1) is 0 Å². The second-order valence-electron chi connectivity index (χ2n) is 4.62. The van der Waals surface area contributed by atoms with E-state index in [1.54, 1.807) is 6.07 Å². The molecule has 0 aliphatic heterocycles. The number of hydrogen-bond acceptors (Lipinski definition) is 2. The Morgan fingerprint density at radius 1 is 1.53 bits per heavy atom. The Labute approximate surface area is 111 Å². The Morgan fingerprint density at radius 3 is 2.89 bits per heavy atom. The number of nitrogens with zero attached hydrogens (tertiary/aromatic N) is 1. The van der Waals surface area contributed by atoms with Crippen molar-refractivity contribution in [3.05, 3.63) is 24.0 Å². The van der Waals surface area contributed by atoms with E-state index in [1.165, 1.54) is 16.8 Å². The number of carbonyl (C=O) groups is 1. The van der Waals surface area contributed by atoms with Gasteiger partial charge in [-0.05, 0) is 30.9 Å². The SMILES string of the molecule is CC(CO)CCCNC(=O)c1cccn1CC(F)F. The Morgan fingerprint density at radius 2 is 2.26 bits per heavy atom. The third kappa shape index (κ3) is 5.38. The smallest absolute Gasteiger partial charge is 0.267 e. The van der Waals surface area contributed by atoms with Crippen LogP contribution in [0.4, 0.5) is 8.78 Å². The zero-order valence-corrected chi connectivity index (χ0v) is 11.0. The van der Waals surface area contributed by atoms with Gasteiger partial charge in [-0.2, -0.15) is 0 Å². The molecule has 6 heteroatoms. The molecule has 1 amide bonds. The van der Waals surface area contributed by atoms with E-state index in [2.05, 4.69) is 5.32 Å². The highest BCUT2D eigenvalue weighted by Crippen LogP contribution is 2.07. The summed E-state index contributed by atoms with van der Waals surface area (Å²) in [5.41, 5.74) is 0.246. The summed E-state index contributed by atoms with van der Waals surface area (Å²) >= 11 is 0. The number of aliphatic hydroxyl groups is 1. The first-order chi connectivity index (χ1) is 9.04. The van der Waals surface area contributed by atoms with Crippen LogP contribution in [0.15, 0.2) is 18.3 Å². The average Bonchev–Trinajstić information content (AvgIpc) is 2.81. The lowest BCUT2D eigenvalue weighted by molar-refractivity contribution is 0.0929. The molecule has 19 heavy (non-hydrogen) atoms. The topological polar surface area (TPSA) is 54.3 Å². The van der Waals surface area contributed by atoms with Crippen molar-refractivity contribution in [2.45, 2.75) is 32.7 Å². The number of hydrogen-bond donors (Lipinski definition) is 2. The molecule has 0 spiro atoms. The van der Waals surface area contributed by atoms with Gasteiger partial charge < -0.3 is 15.0 Å². The zero-order valence-electron chi connectivity index (χ0n) is 11.0. The van der Waals surface area contributed by atoms with Crippen LogP contribution in [0.1, 0.15) is 30.3 Å². The van der Waals surface area contributed by atoms with Gasteiger partial charge in [-0.1, -0.05) is 6.92 Å². The van der Waals surface area contributed by atoms with E-state index in [0.29, 0.717) is 6.54 Å². The molecule has 0 fully saturated rings. The molecular weight excluding hydrogens is 254 g/mol. The average molecular weight is 274 g/mol. The minimum atomic E-state index is -2.48. The second-order valence-corrected chi connectivity index (χ2v) is 4.62. The van der Waals surface area contributed by atoms with Gasteiger partial charge in [0.25, 0.3) is 12.3 Å². The molecule has 4 nitrogen and oxygen atoms in total. The minimum absolute atomic E-state index is 0.130. The maximum absolute atomic E-state index is 12.3. The number of aliphatic hydroxyl groups excluding tert-OH is 1. The number of rotatable bonds is 8. The summed E-state index contributed by atoms with van der Waals surface area (Å²) < 4.78 is 25.8. The lowest BCUT2D eigenvalue weighted by Gasteiger charge is -2.10. The van der Waals surface area contributed by atoms with Crippen molar-refractivity contribution < 1.29 is 18.7 Å². The van der Waals surface area contributed by atoms with Crippen molar-refractivity contribution in [1.29, 1.82) is 0 Å².